The Kier molecular flexibility index (Phi) is 3.27. The van der Waals surface area contributed by atoms with Crippen molar-refractivity contribution in [3.63, 3.8) is 0 Å². The first-order valence-electron chi connectivity index (χ1n) is 5.09. The van der Waals surface area contributed by atoms with Gasteiger partial charge in [0.2, 0.25) is 0 Å². The predicted octanol–water partition coefficient (Wildman–Crippen LogP) is 2.83. The van der Waals surface area contributed by atoms with Gasteiger partial charge in [-0.15, -0.1) is 0 Å². The van der Waals surface area contributed by atoms with Crippen LogP contribution in [0, 0.1) is 0 Å². The first kappa shape index (κ1) is 11.2. The van der Waals surface area contributed by atoms with Crippen molar-refractivity contribution < 1.29 is 5.11 Å². The molecule has 0 radical (unpaired) electrons. The molecule has 0 saturated carbocycles. The SMILES string of the molecule is CC(C(O)c1ccc(Cl)cc1)n1ccnc1. The molecule has 0 fully saturated rings. The molecule has 3 nitrogen and oxygen atoms in total. The van der Waals surface area contributed by atoms with E-state index in [2.05, 4.69) is 4.98 Å². The van der Waals surface area contributed by atoms with Crippen LogP contribution in [0.1, 0.15) is 24.6 Å². The number of halogens is 1. The van der Waals surface area contributed by atoms with Gasteiger partial charge in [-0.3, -0.25) is 0 Å². The fourth-order valence-electron chi connectivity index (χ4n) is 1.61. The lowest BCUT2D eigenvalue weighted by molar-refractivity contribution is 0.122. The second-order valence-electron chi connectivity index (χ2n) is 3.75. The number of benzene rings is 1. The maximum Gasteiger partial charge on any atom is 0.0994 e. The summed E-state index contributed by atoms with van der Waals surface area (Å²) >= 11 is 5.80. The van der Waals surface area contributed by atoms with Crippen molar-refractivity contribution in [3.8, 4) is 0 Å². The van der Waals surface area contributed by atoms with Crippen molar-refractivity contribution in [1.29, 1.82) is 0 Å². The van der Waals surface area contributed by atoms with Crippen molar-refractivity contribution in [1.82, 2.24) is 9.55 Å². The molecular weight excluding hydrogens is 224 g/mol. The Morgan fingerprint density at radius 1 is 1.31 bits per heavy atom. The summed E-state index contributed by atoms with van der Waals surface area (Å²) in [4.78, 5) is 3.96. The minimum absolute atomic E-state index is 0.0522. The van der Waals surface area contributed by atoms with Crippen LogP contribution in [0.5, 0.6) is 0 Å². The van der Waals surface area contributed by atoms with Gasteiger partial charge in [-0.2, -0.15) is 0 Å². The van der Waals surface area contributed by atoms with E-state index >= 15 is 0 Å². The first-order chi connectivity index (χ1) is 7.68. The van der Waals surface area contributed by atoms with Gasteiger partial charge in [-0.1, -0.05) is 23.7 Å². The Morgan fingerprint density at radius 3 is 2.56 bits per heavy atom. The third-order valence-electron chi connectivity index (χ3n) is 2.66. The van der Waals surface area contributed by atoms with Gasteiger partial charge in [0.1, 0.15) is 0 Å². The Hall–Kier alpha value is -1.32. The highest BCUT2D eigenvalue weighted by Gasteiger charge is 2.17. The average Bonchev–Trinajstić information content (AvgIpc) is 2.81. The monoisotopic (exact) mass is 236 g/mol. The van der Waals surface area contributed by atoms with E-state index in [0.717, 1.165) is 5.56 Å². The highest BCUT2D eigenvalue weighted by Crippen LogP contribution is 2.26. The molecule has 84 valence electrons. The Bertz CT molecular complexity index is 439. The number of hydrogen-bond acceptors (Lipinski definition) is 2. The highest BCUT2D eigenvalue weighted by atomic mass is 35.5. The lowest BCUT2D eigenvalue weighted by atomic mass is 10.0. The standard InChI is InChI=1S/C12H13ClN2O/c1-9(15-7-6-14-8-15)12(16)10-2-4-11(13)5-3-10/h2-9,12,16H,1H3. The average molecular weight is 237 g/mol. The lowest BCUT2D eigenvalue weighted by Crippen LogP contribution is -2.13. The first-order valence-corrected chi connectivity index (χ1v) is 5.47. The van der Waals surface area contributed by atoms with Crippen LogP contribution in [0.25, 0.3) is 0 Å². The fourth-order valence-corrected chi connectivity index (χ4v) is 1.74. The molecule has 1 aromatic carbocycles. The zero-order valence-electron chi connectivity index (χ0n) is 8.92. The molecule has 2 aromatic rings. The van der Waals surface area contributed by atoms with Crippen LogP contribution in [0.15, 0.2) is 43.0 Å². The Morgan fingerprint density at radius 2 is 2.00 bits per heavy atom. The quantitative estimate of drug-likeness (QED) is 0.890. The minimum atomic E-state index is -0.563. The Balaban J connectivity index is 2.19. The molecule has 4 heteroatoms. The van der Waals surface area contributed by atoms with Crippen LogP contribution in [0.4, 0.5) is 0 Å². The predicted molar refractivity (Wildman–Crippen MR) is 63.3 cm³/mol. The van der Waals surface area contributed by atoms with Gasteiger partial charge in [0.15, 0.2) is 0 Å². The van der Waals surface area contributed by atoms with E-state index in [1.165, 1.54) is 0 Å². The maximum absolute atomic E-state index is 10.2. The largest absolute Gasteiger partial charge is 0.386 e. The van der Waals surface area contributed by atoms with Gasteiger partial charge < -0.3 is 9.67 Å². The number of nitrogens with zero attached hydrogens (tertiary/aromatic N) is 2. The zero-order valence-corrected chi connectivity index (χ0v) is 9.67. The Labute approximate surface area is 99.3 Å². The maximum atomic E-state index is 10.2. The molecule has 0 aliphatic rings. The molecule has 0 aliphatic carbocycles. The number of aromatic nitrogens is 2. The summed E-state index contributed by atoms with van der Waals surface area (Å²) in [5.41, 5.74) is 0.852. The number of aliphatic hydroxyl groups excluding tert-OH is 1. The van der Waals surface area contributed by atoms with Gasteiger partial charge in [0.05, 0.1) is 18.5 Å². The number of rotatable bonds is 3. The molecule has 1 aromatic heterocycles. The van der Waals surface area contributed by atoms with E-state index in [9.17, 15) is 5.11 Å². The molecule has 0 aliphatic heterocycles. The molecular formula is C12H13ClN2O. The molecule has 2 atom stereocenters. The van der Waals surface area contributed by atoms with Gasteiger partial charge in [0.25, 0.3) is 0 Å². The molecule has 0 spiro atoms. The summed E-state index contributed by atoms with van der Waals surface area (Å²) in [6.45, 7) is 1.95. The smallest absolute Gasteiger partial charge is 0.0994 e. The summed E-state index contributed by atoms with van der Waals surface area (Å²) in [6, 6.07) is 7.17. The fraction of sp³-hybridized carbons (Fsp3) is 0.250. The topological polar surface area (TPSA) is 38.0 Å². The molecule has 0 bridgehead atoms. The molecule has 16 heavy (non-hydrogen) atoms. The van der Waals surface area contributed by atoms with Crippen LogP contribution in [-0.2, 0) is 0 Å². The molecule has 2 unspecified atom stereocenters. The van der Waals surface area contributed by atoms with Crippen LogP contribution in [0.2, 0.25) is 5.02 Å². The molecule has 0 amide bonds. The van der Waals surface area contributed by atoms with Crippen LogP contribution in [0.3, 0.4) is 0 Å². The lowest BCUT2D eigenvalue weighted by Gasteiger charge is -2.20. The van der Waals surface area contributed by atoms with E-state index in [-0.39, 0.29) is 6.04 Å². The van der Waals surface area contributed by atoms with Crippen LogP contribution < -0.4 is 0 Å². The summed E-state index contributed by atoms with van der Waals surface area (Å²) in [7, 11) is 0. The normalized spacial score (nSPS) is 14.7. The third-order valence-corrected chi connectivity index (χ3v) is 2.92. The van der Waals surface area contributed by atoms with Gasteiger partial charge in [-0.25, -0.2) is 4.98 Å². The van der Waals surface area contributed by atoms with Gasteiger partial charge >= 0.3 is 0 Å². The van der Waals surface area contributed by atoms with Crippen molar-refractivity contribution in [2.45, 2.75) is 19.1 Å². The molecule has 1 heterocycles. The van der Waals surface area contributed by atoms with Gasteiger partial charge in [-0.05, 0) is 24.6 Å². The van der Waals surface area contributed by atoms with E-state index in [0.29, 0.717) is 5.02 Å². The third kappa shape index (κ3) is 2.26. The minimum Gasteiger partial charge on any atom is -0.386 e. The van der Waals surface area contributed by atoms with E-state index < -0.39 is 6.10 Å². The van der Waals surface area contributed by atoms with Crippen molar-refractivity contribution in [2.75, 3.05) is 0 Å². The van der Waals surface area contributed by atoms with E-state index in [1.54, 1.807) is 24.7 Å². The van der Waals surface area contributed by atoms with E-state index in [1.807, 2.05) is 29.8 Å². The zero-order chi connectivity index (χ0) is 11.5. The summed E-state index contributed by atoms with van der Waals surface area (Å²) in [5, 5.41) is 10.8. The number of imidazole rings is 1. The summed E-state index contributed by atoms with van der Waals surface area (Å²) in [6.07, 6.45) is 4.67. The number of hydrogen-bond donors (Lipinski definition) is 1. The van der Waals surface area contributed by atoms with Crippen LogP contribution in [-0.4, -0.2) is 14.7 Å². The summed E-state index contributed by atoms with van der Waals surface area (Å²) in [5.74, 6) is 0. The highest BCUT2D eigenvalue weighted by molar-refractivity contribution is 6.30. The molecule has 1 N–H and O–H groups in total. The van der Waals surface area contributed by atoms with E-state index in [4.69, 9.17) is 11.6 Å². The number of aliphatic hydroxyl groups is 1. The van der Waals surface area contributed by atoms with Crippen LogP contribution >= 0.6 is 11.6 Å². The second-order valence-corrected chi connectivity index (χ2v) is 4.18. The van der Waals surface area contributed by atoms with Gasteiger partial charge in [0, 0.05) is 17.4 Å². The molecule has 0 saturated heterocycles. The van der Waals surface area contributed by atoms with Crippen molar-refractivity contribution in [3.05, 3.63) is 53.6 Å². The second kappa shape index (κ2) is 4.68. The molecule has 2 rings (SSSR count). The summed E-state index contributed by atoms with van der Waals surface area (Å²) < 4.78 is 1.87. The van der Waals surface area contributed by atoms with Crippen molar-refractivity contribution in [2.24, 2.45) is 0 Å². The van der Waals surface area contributed by atoms with Crippen molar-refractivity contribution >= 4 is 11.6 Å².